The lowest BCUT2D eigenvalue weighted by molar-refractivity contribution is -0.117. The van der Waals surface area contributed by atoms with Crippen molar-refractivity contribution in [2.45, 2.75) is 25.3 Å². The van der Waals surface area contributed by atoms with Gasteiger partial charge in [0, 0.05) is 5.69 Å². The predicted molar refractivity (Wildman–Crippen MR) is 80.4 cm³/mol. The molecule has 0 aromatic heterocycles. The molecule has 0 fully saturated rings. The summed E-state index contributed by atoms with van der Waals surface area (Å²) in [6.45, 7) is 0. The maximum absolute atomic E-state index is 13.8. The highest BCUT2D eigenvalue weighted by molar-refractivity contribution is 5.78. The lowest BCUT2D eigenvalue weighted by atomic mass is 10.1. The predicted octanol–water partition coefficient (Wildman–Crippen LogP) is 2.95. The number of hydrogen-bond donors (Lipinski definition) is 2. The Morgan fingerprint density at radius 3 is 2.86 bits per heavy atom. The van der Waals surface area contributed by atoms with Crippen LogP contribution in [0.4, 0.5) is 10.1 Å². The average Bonchev–Trinajstić information content (AvgIpc) is 2.85. The Kier molecular flexibility index (Phi) is 3.60. The zero-order valence-corrected chi connectivity index (χ0v) is 11.6. The van der Waals surface area contributed by atoms with Gasteiger partial charge < -0.3 is 11.1 Å². The molecule has 3 rings (SSSR count). The van der Waals surface area contributed by atoms with Crippen LogP contribution in [0.2, 0.25) is 0 Å². The third-order valence-electron chi connectivity index (χ3n) is 3.93. The average molecular weight is 284 g/mol. The first kappa shape index (κ1) is 13.6. The van der Waals surface area contributed by atoms with Crippen molar-refractivity contribution in [1.82, 2.24) is 0 Å². The monoisotopic (exact) mass is 284 g/mol. The van der Waals surface area contributed by atoms with Gasteiger partial charge in [-0.2, -0.15) is 0 Å². The Morgan fingerprint density at radius 1 is 1.24 bits per heavy atom. The number of fused-ring (bicyclic) bond motifs is 1. The van der Waals surface area contributed by atoms with Crippen LogP contribution >= 0.6 is 0 Å². The third-order valence-corrected chi connectivity index (χ3v) is 3.93. The molecule has 0 saturated heterocycles. The minimum absolute atomic E-state index is 0.0738. The van der Waals surface area contributed by atoms with Gasteiger partial charge in [0.2, 0.25) is 5.91 Å². The molecular weight excluding hydrogens is 267 g/mol. The first-order chi connectivity index (χ1) is 10.1. The molecule has 108 valence electrons. The molecule has 0 heterocycles. The Bertz CT molecular complexity index is 684. The maximum Gasteiger partial charge on any atom is 0.221 e. The summed E-state index contributed by atoms with van der Waals surface area (Å²) in [6.07, 6.45) is 1.78. The van der Waals surface area contributed by atoms with Crippen LogP contribution in [0.15, 0.2) is 42.5 Å². The number of para-hydroxylation sites is 1. The number of primary amides is 1. The first-order valence-corrected chi connectivity index (χ1v) is 7.05. The highest BCUT2D eigenvalue weighted by atomic mass is 19.1. The zero-order valence-electron chi connectivity index (χ0n) is 11.6. The molecule has 4 heteroatoms. The van der Waals surface area contributed by atoms with E-state index in [0.29, 0.717) is 0 Å². The topological polar surface area (TPSA) is 55.1 Å². The van der Waals surface area contributed by atoms with Crippen LogP contribution in [-0.2, 0) is 17.6 Å². The Labute approximate surface area is 123 Å². The van der Waals surface area contributed by atoms with E-state index >= 15 is 0 Å². The number of anilines is 1. The molecule has 3 N–H and O–H groups in total. The summed E-state index contributed by atoms with van der Waals surface area (Å²) < 4.78 is 13.8. The molecule has 1 amide bonds. The summed E-state index contributed by atoms with van der Waals surface area (Å²) in [4.78, 5) is 11.1. The summed E-state index contributed by atoms with van der Waals surface area (Å²) in [5, 5.41) is 3.42. The zero-order chi connectivity index (χ0) is 14.8. The van der Waals surface area contributed by atoms with E-state index in [-0.39, 0.29) is 24.2 Å². The van der Waals surface area contributed by atoms with Gasteiger partial charge in [-0.3, -0.25) is 4.79 Å². The van der Waals surface area contributed by atoms with Gasteiger partial charge in [-0.25, -0.2) is 4.39 Å². The SMILES string of the molecule is NC(=O)Cc1ccccc1NC1CCc2c(F)cccc21. The van der Waals surface area contributed by atoms with Crippen LogP contribution in [0.25, 0.3) is 0 Å². The van der Waals surface area contributed by atoms with E-state index in [0.717, 1.165) is 35.2 Å². The van der Waals surface area contributed by atoms with Gasteiger partial charge >= 0.3 is 0 Å². The largest absolute Gasteiger partial charge is 0.378 e. The van der Waals surface area contributed by atoms with Gasteiger partial charge in [0.15, 0.2) is 0 Å². The molecule has 0 aliphatic heterocycles. The van der Waals surface area contributed by atoms with E-state index in [1.165, 1.54) is 6.07 Å². The number of halogens is 1. The number of hydrogen-bond acceptors (Lipinski definition) is 2. The molecule has 1 aliphatic rings. The number of nitrogens with one attached hydrogen (secondary N) is 1. The molecule has 1 aliphatic carbocycles. The van der Waals surface area contributed by atoms with Crippen molar-refractivity contribution in [3.63, 3.8) is 0 Å². The molecule has 1 atom stereocenters. The van der Waals surface area contributed by atoms with Crippen molar-refractivity contribution in [2.24, 2.45) is 5.73 Å². The number of nitrogens with two attached hydrogens (primary N) is 1. The van der Waals surface area contributed by atoms with Crippen molar-refractivity contribution < 1.29 is 9.18 Å². The van der Waals surface area contributed by atoms with E-state index in [4.69, 9.17) is 5.73 Å². The first-order valence-electron chi connectivity index (χ1n) is 7.05. The highest BCUT2D eigenvalue weighted by Gasteiger charge is 2.25. The maximum atomic E-state index is 13.8. The van der Waals surface area contributed by atoms with Gasteiger partial charge in [-0.05, 0) is 41.7 Å². The van der Waals surface area contributed by atoms with Crippen molar-refractivity contribution in [3.05, 3.63) is 65.0 Å². The summed E-state index contributed by atoms with van der Waals surface area (Å²) in [7, 11) is 0. The number of carbonyl (C=O) groups excluding carboxylic acids is 1. The lowest BCUT2D eigenvalue weighted by Gasteiger charge is -2.18. The fraction of sp³-hybridized carbons (Fsp3) is 0.235. The van der Waals surface area contributed by atoms with Crippen molar-refractivity contribution in [3.8, 4) is 0 Å². The van der Waals surface area contributed by atoms with E-state index in [1.54, 1.807) is 6.07 Å². The second-order valence-corrected chi connectivity index (χ2v) is 5.34. The highest BCUT2D eigenvalue weighted by Crippen LogP contribution is 2.35. The second kappa shape index (κ2) is 5.56. The van der Waals surface area contributed by atoms with E-state index in [9.17, 15) is 9.18 Å². The molecule has 0 bridgehead atoms. The molecule has 21 heavy (non-hydrogen) atoms. The molecule has 1 unspecified atom stereocenters. The van der Waals surface area contributed by atoms with Crippen LogP contribution in [0.1, 0.15) is 29.2 Å². The molecule has 0 saturated carbocycles. The quantitative estimate of drug-likeness (QED) is 0.907. The third kappa shape index (κ3) is 2.75. The van der Waals surface area contributed by atoms with Crippen molar-refractivity contribution in [2.75, 3.05) is 5.32 Å². The van der Waals surface area contributed by atoms with Gasteiger partial charge in [-0.1, -0.05) is 30.3 Å². The number of amides is 1. The minimum atomic E-state index is -0.359. The van der Waals surface area contributed by atoms with E-state index in [2.05, 4.69) is 5.32 Å². The normalized spacial score (nSPS) is 16.5. The van der Waals surface area contributed by atoms with Gasteiger partial charge in [0.25, 0.3) is 0 Å². The summed E-state index contributed by atoms with van der Waals surface area (Å²) in [5.41, 5.74) is 8.84. The fourth-order valence-corrected chi connectivity index (χ4v) is 2.95. The van der Waals surface area contributed by atoms with Crippen LogP contribution in [0.5, 0.6) is 0 Å². The van der Waals surface area contributed by atoms with Crippen molar-refractivity contribution in [1.29, 1.82) is 0 Å². The number of carbonyl (C=O) groups is 1. The lowest BCUT2D eigenvalue weighted by Crippen LogP contribution is -2.16. The standard InChI is InChI=1S/C17H17FN2O/c18-14-6-3-5-13-12(14)8-9-16(13)20-15-7-2-1-4-11(15)10-17(19)21/h1-7,16,20H,8-10H2,(H2,19,21). The molecule has 2 aromatic carbocycles. The number of benzene rings is 2. The van der Waals surface area contributed by atoms with Crippen LogP contribution in [-0.4, -0.2) is 5.91 Å². The Morgan fingerprint density at radius 2 is 2.05 bits per heavy atom. The summed E-state index contributed by atoms with van der Waals surface area (Å²) >= 11 is 0. The minimum Gasteiger partial charge on any atom is -0.378 e. The van der Waals surface area contributed by atoms with E-state index < -0.39 is 0 Å². The molecule has 2 aromatic rings. The Hall–Kier alpha value is -2.36. The van der Waals surface area contributed by atoms with Crippen LogP contribution in [0, 0.1) is 5.82 Å². The Balaban J connectivity index is 1.87. The van der Waals surface area contributed by atoms with Crippen LogP contribution in [0.3, 0.4) is 0 Å². The smallest absolute Gasteiger partial charge is 0.221 e. The van der Waals surface area contributed by atoms with Crippen LogP contribution < -0.4 is 11.1 Å². The number of rotatable bonds is 4. The van der Waals surface area contributed by atoms with E-state index in [1.807, 2.05) is 30.3 Å². The molecular formula is C17H17FN2O. The molecule has 0 spiro atoms. The molecule has 3 nitrogen and oxygen atoms in total. The van der Waals surface area contributed by atoms with Crippen molar-refractivity contribution >= 4 is 11.6 Å². The van der Waals surface area contributed by atoms with Gasteiger partial charge in [-0.15, -0.1) is 0 Å². The van der Waals surface area contributed by atoms with Gasteiger partial charge in [0.05, 0.1) is 12.5 Å². The second-order valence-electron chi connectivity index (χ2n) is 5.34. The molecule has 0 radical (unpaired) electrons. The summed E-state index contributed by atoms with van der Waals surface area (Å²) in [6, 6.07) is 12.9. The fourth-order valence-electron chi connectivity index (χ4n) is 2.95. The van der Waals surface area contributed by atoms with Gasteiger partial charge in [0.1, 0.15) is 5.82 Å². The summed E-state index contributed by atoms with van der Waals surface area (Å²) in [5.74, 6) is -0.496.